The average molecular weight is 294 g/mol. The molecule has 1 rings (SSSR count). The molecule has 0 aromatic heterocycles. The molecule has 0 amide bonds. The number of halogens is 3. The molecule has 20 heavy (non-hydrogen) atoms. The van der Waals surface area contributed by atoms with Crippen molar-refractivity contribution in [1.82, 2.24) is 5.32 Å². The molecule has 2 N–H and O–H groups in total. The van der Waals surface area contributed by atoms with Gasteiger partial charge in [0.1, 0.15) is 12.7 Å². The van der Waals surface area contributed by atoms with Crippen molar-refractivity contribution in [3.63, 3.8) is 0 Å². The van der Waals surface area contributed by atoms with E-state index in [2.05, 4.69) is 5.32 Å². The number of aliphatic hydroxyl groups is 1. The molecule has 0 saturated carbocycles. The van der Waals surface area contributed by atoms with Gasteiger partial charge in [-0.1, -0.05) is 0 Å². The molecule has 112 valence electrons. The Morgan fingerprint density at radius 2 is 2.15 bits per heavy atom. The van der Waals surface area contributed by atoms with E-state index in [1.54, 1.807) is 7.05 Å². The molecular weight excluding hydrogens is 281 g/mol. The number of benzene rings is 1. The van der Waals surface area contributed by atoms with Crippen LogP contribution in [0.15, 0.2) is 18.2 Å². The molecule has 1 unspecified atom stereocenters. The number of nitrogens with one attached hydrogen (secondary N) is 1. The molecule has 1 aromatic carbocycles. The summed E-state index contributed by atoms with van der Waals surface area (Å²) in [6.07, 6.45) is -5.60. The number of hydrogen-bond acceptors (Lipinski definition) is 5. The number of nitrogens with zero attached hydrogens (tertiary/aromatic N) is 1. The van der Waals surface area contributed by atoms with Crippen molar-refractivity contribution in [2.24, 2.45) is 0 Å². The highest BCUT2D eigenvalue weighted by Crippen LogP contribution is 2.35. The van der Waals surface area contributed by atoms with Gasteiger partial charge in [0.2, 0.25) is 0 Å². The second-order valence-electron chi connectivity index (χ2n) is 3.96. The molecular formula is C11H13F3N2O4. The van der Waals surface area contributed by atoms with Crippen molar-refractivity contribution < 1.29 is 27.9 Å². The third-order valence-electron chi connectivity index (χ3n) is 2.35. The lowest BCUT2D eigenvalue weighted by molar-refractivity contribution is -0.386. The zero-order chi connectivity index (χ0) is 15.3. The Kier molecular flexibility index (Phi) is 5.28. The summed E-state index contributed by atoms with van der Waals surface area (Å²) in [5.74, 6) is -0.321. The van der Waals surface area contributed by atoms with Gasteiger partial charge in [-0.15, -0.1) is 0 Å². The number of rotatable bonds is 6. The van der Waals surface area contributed by atoms with E-state index in [0.717, 1.165) is 6.07 Å². The van der Waals surface area contributed by atoms with E-state index < -0.39 is 28.5 Å². The van der Waals surface area contributed by atoms with E-state index in [4.69, 9.17) is 4.74 Å². The maximum atomic E-state index is 12.5. The third kappa shape index (κ3) is 4.35. The van der Waals surface area contributed by atoms with Gasteiger partial charge in [0.25, 0.3) is 0 Å². The molecule has 0 saturated heterocycles. The van der Waals surface area contributed by atoms with Crippen LogP contribution in [0.1, 0.15) is 5.56 Å². The number of likely N-dealkylation sites (N-methyl/N-ethyl adjacent to an activating group) is 1. The molecule has 0 bridgehead atoms. The van der Waals surface area contributed by atoms with E-state index in [0.29, 0.717) is 12.1 Å². The zero-order valence-electron chi connectivity index (χ0n) is 10.5. The normalized spacial score (nSPS) is 13.1. The van der Waals surface area contributed by atoms with Crippen molar-refractivity contribution >= 4 is 5.69 Å². The minimum absolute atomic E-state index is 0.189. The maximum Gasteiger partial charge on any atom is 0.416 e. The monoisotopic (exact) mass is 294 g/mol. The van der Waals surface area contributed by atoms with Crippen LogP contribution in [-0.4, -0.2) is 36.3 Å². The number of nitro groups is 1. The van der Waals surface area contributed by atoms with Crippen molar-refractivity contribution in [3.05, 3.63) is 33.9 Å². The molecule has 0 aliphatic rings. The number of aliphatic hydroxyl groups excluding tert-OH is 1. The van der Waals surface area contributed by atoms with Crippen LogP contribution >= 0.6 is 0 Å². The molecule has 1 atom stereocenters. The number of alkyl halides is 3. The first-order valence-electron chi connectivity index (χ1n) is 5.56. The third-order valence-corrected chi connectivity index (χ3v) is 2.35. The van der Waals surface area contributed by atoms with E-state index in [9.17, 15) is 28.4 Å². The van der Waals surface area contributed by atoms with E-state index in [1.807, 2.05) is 0 Å². The number of nitro benzene ring substituents is 1. The zero-order valence-corrected chi connectivity index (χ0v) is 10.5. The first kappa shape index (κ1) is 16.2. The quantitative estimate of drug-likeness (QED) is 0.614. The second kappa shape index (κ2) is 6.53. The van der Waals surface area contributed by atoms with Crippen molar-refractivity contribution in [3.8, 4) is 5.75 Å². The Balaban J connectivity index is 2.94. The SMILES string of the molecule is CNCC(O)COc1ccc(C(F)(F)F)cc1[N+](=O)[O-]. The summed E-state index contributed by atoms with van der Waals surface area (Å²) in [4.78, 5) is 9.79. The molecule has 1 aromatic rings. The first-order chi connectivity index (χ1) is 9.25. The lowest BCUT2D eigenvalue weighted by Gasteiger charge is -2.13. The molecule has 6 nitrogen and oxygen atoms in total. The van der Waals surface area contributed by atoms with Crippen LogP contribution in [0.2, 0.25) is 0 Å². The van der Waals surface area contributed by atoms with Crippen molar-refractivity contribution in [2.45, 2.75) is 12.3 Å². The van der Waals surface area contributed by atoms with Crippen LogP contribution in [0.25, 0.3) is 0 Å². The van der Waals surface area contributed by atoms with Gasteiger partial charge in [0.15, 0.2) is 5.75 Å². The molecule has 0 spiro atoms. The van der Waals surface area contributed by atoms with Gasteiger partial charge in [-0.2, -0.15) is 13.2 Å². The minimum Gasteiger partial charge on any atom is -0.484 e. The largest absolute Gasteiger partial charge is 0.484 e. The van der Waals surface area contributed by atoms with Gasteiger partial charge in [0, 0.05) is 12.6 Å². The van der Waals surface area contributed by atoms with Gasteiger partial charge >= 0.3 is 11.9 Å². The standard InChI is InChI=1S/C11H13F3N2O4/c1-15-5-8(17)6-20-10-3-2-7(11(12,13)14)4-9(10)16(18)19/h2-4,8,15,17H,5-6H2,1H3. The van der Waals surface area contributed by atoms with E-state index in [-0.39, 0.29) is 18.9 Å². The molecule has 9 heteroatoms. The first-order valence-corrected chi connectivity index (χ1v) is 5.56. The topological polar surface area (TPSA) is 84.6 Å². The summed E-state index contributed by atoms with van der Waals surface area (Å²) < 4.78 is 42.4. The second-order valence-corrected chi connectivity index (χ2v) is 3.96. The van der Waals surface area contributed by atoms with Gasteiger partial charge in [-0.25, -0.2) is 0 Å². The smallest absolute Gasteiger partial charge is 0.416 e. The number of ether oxygens (including phenoxy) is 1. The summed E-state index contributed by atoms with van der Waals surface area (Å²) in [5.41, 5.74) is -1.93. The molecule has 0 radical (unpaired) electrons. The van der Waals surface area contributed by atoms with Crippen LogP contribution in [0.4, 0.5) is 18.9 Å². The van der Waals surface area contributed by atoms with Crippen molar-refractivity contribution in [2.75, 3.05) is 20.2 Å². The van der Waals surface area contributed by atoms with Crippen LogP contribution in [-0.2, 0) is 6.18 Å². The molecule has 0 fully saturated rings. The van der Waals surface area contributed by atoms with Crippen molar-refractivity contribution in [1.29, 1.82) is 0 Å². The average Bonchev–Trinajstić information content (AvgIpc) is 2.35. The summed E-state index contributed by atoms with van der Waals surface area (Å²) in [6, 6.07) is 1.96. The molecule has 0 heterocycles. The Hall–Kier alpha value is -1.87. The Labute approximate surface area is 112 Å². The Bertz CT molecular complexity index is 479. The summed E-state index contributed by atoms with van der Waals surface area (Å²) in [7, 11) is 1.59. The highest BCUT2D eigenvalue weighted by molar-refractivity contribution is 5.49. The highest BCUT2D eigenvalue weighted by atomic mass is 19.4. The van der Waals surface area contributed by atoms with Gasteiger partial charge in [0.05, 0.1) is 10.5 Å². The predicted molar refractivity (Wildman–Crippen MR) is 63.5 cm³/mol. The minimum atomic E-state index is -4.67. The lowest BCUT2D eigenvalue weighted by atomic mass is 10.2. The van der Waals surface area contributed by atoms with Crippen LogP contribution in [0.3, 0.4) is 0 Å². The van der Waals surface area contributed by atoms with Gasteiger partial charge < -0.3 is 15.2 Å². The van der Waals surface area contributed by atoms with Crippen LogP contribution in [0, 0.1) is 10.1 Å². The van der Waals surface area contributed by atoms with Crippen LogP contribution in [0.5, 0.6) is 5.75 Å². The highest BCUT2D eigenvalue weighted by Gasteiger charge is 2.33. The Morgan fingerprint density at radius 3 is 2.65 bits per heavy atom. The summed E-state index contributed by atoms with van der Waals surface area (Å²) in [5, 5.41) is 22.8. The Morgan fingerprint density at radius 1 is 1.50 bits per heavy atom. The fourth-order valence-corrected chi connectivity index (χ4v) is 1.44. The molecule has 0 aliphatic carbocycles. The molecule has 0 aliphatic heterocycles. The fraction of sp³-hybridized carbons (Fsp3) is 0.455. The number of hydrogen-bond donors (Lipinski definition) is 2. The summed E-state index contributed by atoms with van der Waals surface area (Å²) >= 11 is 0. The van der Waals surface area contributed by atoms with Gasteiger partial charge in [-0.05, 0) is 19.2 Å². The van der Waals surface area contributed by atoms with Gasteiger partial charge in [-0.3, -0.25) is 10.1 Å². The van der Waals surface area contributed by atoms with E-state index in [1.165, 1.54) is 0 Å². The predicted octanol–water partition coefficient (Wildman–Crippen LogP) is 1.57. The summed E-state index contributed by atoms with van der Waals surface area (Å²) in [6.45, 7) is -0.0819. The lowest BCUT2D eigenvalue weighted by Crippen LogP contribution is -2.29. The maximum absolute atomic E-state index is 12.5. The van der Waals surface area contributed by atoms with E-state index >= 15 is 0 Å². The van der Waals surface area contributed by atoms with Crippen LogP contribution < -0.4 is 10.1 Å². The fourth-order valence-electron chi connectivity index (χ4n) is 1.44.